The summed E-state index contributed by atoms with van der Waals surface area (Å²) in [5.74, 6) is -0.0221. The molecule has 0 saturated heterocycles. The predicted molar refractivity (Wildman–Crippen MR) is 85.2 cm³/mol. The third-order valence-corrected chi connectivity index (χ3v) is 3.75. The molecule has 0 bridgehead atoms. The standard InChI is InChI=1S/C16H22N4O/c1-11-12(2)19-20(13(11)3)10-6-9-16(21)18-15-8-5-4-7-14(15)17/h4-5,7-8H,6,9-10,17H2,1-3H3,(H,18,21). The number of aryl methyl sites for hydroxylation is 2. The lowest BCUT2D eigenvalue weighted by Crippen LogP contribution is -2.14. The van der Waals surface area contributed by atoms with Gasteiger partial charge in [-0.1, -0.05) is 12.1 Å². The minimum absolute atomic E-state index is 0.0221. The fraction of sp³-hybridized carbons (Fsp3) is 0.375. The maximum atomic E-state index is 11.9. The number of hydrogen-bond acceptors (Lipinski definition) is 3. The topological polar surface area (TPSA) is 72.9 Å². The number of carbonyl (C=O) groups is 1. The molecular formula is C16H22N4O. The van der Waals surface area contributed by atoms with Gasteiger partial charge in [0.05, 0.1) is 17.1 Å². The Bertz CT molecular complexity index is 646. The summed E-state index contributed by atoms with van der Waals surface area (Å²) in [4.78, 5) is 11.9. The van der Waals surface area contributed by atoms with Crippen LogP contribution < -0.4 is 11.1 Å². The van der Waals surface area contributed by atoms with Gasteiger partial charge in [-0.25, -0.2) is 0 Å². The molecule has 0 atom stereocenters. The summed E-state index contributed by atoms with van der Waals surface area (Å²) in [7, 11) is 0. The molecule has 0 fully saturated rings. The van der Waals surface area contributed by atoms with Crippen molar-refractivity contribution in [3.8, 4) is 0 Å². The number of aromatic nitrogens is 2. The van der Waals surface area contributed by atoms with E-state index >= 15 is 0 Å². The van der Waals surface area contributed by atoms with E-state index in [9.17, 15) is 4.79 Å². The Kier molecular flexibility index (Phi) is 4.62. The lowest BCUT2D eigenvalue weighted by atomic mass is 10.2. The van der Waals surface area contributed by atoms with Crippen LogP contribution in [0.3, 0.4) is 0 Å². The molecule has 0 unspecified atom stereocenters. The molecule has 5 nitrogen and oxygen atoms in total. The highest BCUT2D eigenvalue weighted by atomic mass is 16.1. The molecule has 3 N–H and O–H groups in total. The van der Waals surface area contributed by atoms with Crippen LogP contribution in [-0.4, -0.2) is 15.7 Å². The summed E-state index contributed by atoms with van der Waals surface area (Å²) >= 11 is 0. The van der Waals surface area contributed by atoms with Gasteiger partial charge < -0.3 is 11.1 Å². The molecule has 1 aromatic heterocycles. The van der Waals surface area contributed by atoms with Crippen LogP contribution in [0.4, 0.5) is 11.4 Å². The number of nitrogens with two attached hydrogens (primary N) is 1. The minimum Gasteiger partial charge on any atom is -0.397 e. The van der Waals surface area contributed by atoms with Crippen molar-refractivity contribution >= 4 is 17.3 Å². The van der Waals surface area contributed by atoms with Crippen LogP contribution in [-0.2, 0) is 11.3 Å². The van der Waals surface area contributed by atoms with E-state index in [1.54, 1.807) is 12.1 Å². The quantitative estimate of drug-likeness (QED) is 0.830. The zero-order chi connectivity index (χ0) is 15.4. The largest absolute Gasteiger partial charge is 0.397 e. The van der Waals surface area contributed by atoms with Crippen LogP contribution in [0.15, 0.2) is 24.3 Å². The first-order valence-electron chi connectivity index (χ1n) is 7.14. The molecule has 1 amide bonds. The van der Waals surface area contributed by atoms with E-state index in [1.807, 2.05) is 23.7 Å². The molecule has 1 heterocycles. The van der Waals surface area contributed by atoms with E-state index in [0.717, 1.165) is 18.7 Å². The smallest absolute Gasteiger partial charge is 0.224 e. The van der Waals surface area contributed by atoms with E-state index in [4.69, 9.17) is 5.73 Å². The number of amides is 1. The van der Waals surface area contributed by atoms with E-state index in [1.165, 1.54) is 11.3 Å². The van der Waals surface area contributed by atoms with Crippen molar-refractivity contribution in [1.82, 2.24) is 9.78 Å². The lowest BCUT2D eigenvalue weighted by Gasteiger charge is -2.08. The second-order valence-corrected chi connectivity index (χ2v) is 5.26. The van der Waals surface area contributed by atoms with Gasteiger partial charge in [0.25, 0.3) is 0 Å². The maximum Gasteiger partial charge on any atom is 0.224 e. The van der Waals surface area contributed by atoms with Gasteiger partial charge in [-0.3, -0.25) is 9.48 Å². The van der Waals surface area contributed by atoms with Gasteiger partial charge in [0.1, 0.15) is 0 Å². The Morgan fingerprint density at radius 2 is 2.00 bits per heavy atom. The molecule has 0 aliphatic heterocycles. The van der Waals surface area contributed by atoms with Gasteiger partial charge in [-0.15, -0.1) is 0 Å². The molecule has 0 saturated carbocycles. The number of nitrogens with zero attached hydrogens (tertiary/aromatic N) is 2. The lowest BCUT2D eigenvalue weighted by molar-refractivity contribution is -0.116. The average Bonchev–Trinajstić information content (AvgIpc) is 2.69. The SMILES string of the molecule is Cc1nn(CCCC(=O)Nc2ccccc2N)c(C)c1C. The first kappa shape index (κ1) is 15.1. The minimum atomic E-state index is -0.0221. The number of rotatable bonds is 5. The Morgan fingerprint density at radius 3 is 2.62 bits per heavy atom. The van der Waals surface area contributed by atoms with E-state index < -0.39 is 0 Å². The van der Waals surface area contributed by atoms with Crippen molar-refractivity contribution in [2.75, 3.05) is 11.1 Å². The molecule has 0 radical (unpaired) electrons. The number of nitrogens with one attached hydrogen (secondary N) is 1. The van der Waals surface area contributed by atoms with Crippen molar-refractivity contribution in [1.29, 1.82) is 0 Å². The fourth-order valence-corrected chi connectivity index (χ4v) is 2.22. The fourth-order valence-electron chi connectivity index (χ4n) is 2.22. The third-order valence-electron chi connectivity index (χ3n) is 3.75. The van der Waals surface area contributed by atoms with Gasteiger partial charge in [-0.05, 0) is 44.9 Å². The number of nitrogen functional groups attached to an aromatic ring is 1. The van der Waals surface area contributed by atoms with Crippen LogP contribution in [0, 0.1) is 20.8 Å². The van der Waals surface area contributed by atoms with E-state index in [2.05, 4.69) is 24.3 Å². The highest BCUT2D eigenvalue weighted by Gasteiger charge is 2.08. The predicted octanol–water partition coefficient (Wildman–Crippen LogP) is 2.81. The van der Waals surface area contributed by atoms with Crippen molar-refractivity contribution < 1.29 is 4.79 Å². The normalized spacial score (nSPS) is 10.6. The van der Waals surface area contributed by atoms with Gasteiger partial charge in [-0.2, -0.15) is 5.10 Å². The van der Waals surface area contributed by atoms with Gasteiger partial charge >= 0.3 is 0 Å². The molecule has 5 heteroatoms. The molecule has 0 aliphatic rings. The highest BCUT2D eigenvalue weighted by molar-refractivity contribution is 5.93. The van der Waals surface area contributed by atoms with Gasteiger partial charge in [0.15, 0.2) is 0 Å². The maximum absolute atomic E-state index is 11.9. The van der Waals surface area contributed by atoms with Crippen LogP contribution in [0.5, 0.6) is 0 Å². The molecule has 2 rings (SSSR count). The summed E-state index contributed by atoms with van der Waals surface area (Å²) in [6.45, 7) is 6.88. The Morgan fingerprint density at radius 1 is 1.29 bits per heavy atom. The second-order valence-electron chi connectivity index (χ2n) is 5.26. The first-order chi connectivity index (χ1) is 9.99. The number of benzene rings is 1. The van der Waals surface area contributed by atoms with Crippen molar-refractivity contribution in [2.24, 2.45) is 0 Å². The van der Waals surface area contributed by atoms with E-state index in [-0.39, 0.29) is 5.91 Å². The number of carbonyl (C=O) groups excluding carboxylic acids is 1. The highest BCUT2D eigenvalue weighted by Crippen LogP contribution is 2.17. The molecule has 0 spiro atoms. The molecule has 21 heavy (non-hydrogen) atoms. The Balaban J connectivity index is 1.85. The number of anilines is 2. The summed E-state index contributed by atoms with van der Waals surface area (Å²) < 4.78 is 1.97. The van der Waals surface area contributed by atoms with Crippen molar-refractivity contribution in [2.45, 2.75) is 40.2 Å². The zero-order valence-electron chi connectivity index (χ0n) is 12.8. The van der Waals surface area contributed by atoms with E-state index in [0.29, 0.717) is 17.8 Å². The average molecular weight is 286 g/mol. The second kappa shape index (κ2) is 6.43. The summed E-state index contributed by atoms with van der Waals surface area (Å²) in [5, 5.41) is 7.30. The Hall–Kier alpha value is -2.30. The molecule has 0 aliphatic carbocycles. The Labute approximate surface area is 125 Å². The van der Waals surface area contributed by atoms with Crippen LogP contribution in [0.2, 0.25) is 0 Å². The molecule has 2 aromatic rings. The molecular weight excluding hydrogens is 264 g/mol. The molecule has 112 valence electrons. The monoisotopic (exact) mass is 286 g/mol. The third kappa shape index (κ3) is 3.62. The van der Waals surface area contributed by atoms with Gasteiger partial charge in [0.2, 0.25) is 5.91 Å². The van der Waals surface area contributed by atoms with Crippen molar-refractivity contribution in [3.05, 3.63) is 41.2 Å². The summed E-state index contributed by atoms with van der Waals surface area (Å²) in [5.41, 5.74) is 10.5. The number of hydrogen-bond donors (Lipinski definition) is 2. The summed E-state index contributed by atoms with van der Waals surface area (Å²) in [6.07, 6.45) is 1.20. The summed E-state index contributed by atoms with van der Waals surface area (Å²) in [6, 6.07) is 7.27. The van der Waals surface area contributed by atoms with Crippen molar-refractivity contribution in [3.63, 3.8) is 0 Å². The number of para-hydroxylation sites is 2. The molecule has 1 aromatic carbocycles. The van der Waals surface area contributed by atoms with Crippen LogP contribution in [0.1, 0.15) is 29.8 Å². The first-order valence-corrected chi connectivity index (χ1v) is 7.14. The zero-order valence-corrected chi connectivity index (χ0v) is 12.8. The van der Waals surface area contributed by atoms with Gasteiger partial charge in [0, 0.05) is 18.7 Å². The van der Waals surface area contributed by atoms with Crippen LogP contribution >= 0.6 is 0 Å². The van der Waals surface area contributed by atoms with Crippen LogP contribution in [0.25, 0.3) is 0 Å².